The molecule has 0 unspecified atom stereocenters. The van der Waals surface area contributed by atoms with Gasteiger partial charge in [-0.3, -0.25) is 4.57 Å². The Hall–Kier alpha value is -3.57. The van der Waals surface area contributed by atoms with Crippen LogP contribution >= 0.6 is 11.6 Å². The highest BCUT2D eigenvalue weighted by Crippen LogP contribution is 2.28. The molecule has 2 heterocycles. The van der Waals surface area contributed by atoms with Crippen LogP contribution in [0.3, 0.4) is 0 Å². The van der Waals surface area contributed by atoms with Gasteiger partial charge in [0.1, 0.15) is 12.1 Å². The molecular formula is C23H17ClN4O. The first kappa shape index (κ1) is 17.5. The quantitative estimate of drug-likeness (QED) is 0.398. The fraction of sp³-hybridized carbons (Fsp3) is 0.0435. The molecule has 142 valence electrons. The molecule has 0 fully saturated rings. The highest BCUT2D eigenvalue weighted by molar-refractivity contribution is 6.30. The lowest BCUT2D eigenvalue weighted by molar-refractivity contribution is 0.415. The van der Waals surface area contributed by atoms with E-state index in [0.29, 0.717) is 5.02 Å². The van der Waals surface area contributed by atoms with E-state index in [2.05, 4.69) is 26.8 Å². The molecule has 3 aromatic carbocycles. The van der Waals surface area contributed by atoms with Gasteiger partial charge >= 0.3 is 0 Å². The molecule has 0 amide bonds. The highest BCUT2D eigenvalue weighted by Gasteiger charge is 2.11. The molecule has 6 heteroatoms. The summed E-state index contributed by atoms with van der Waals surface area (Å²) >= 11 is 6.03. The maximum absolute atomic E-state index is 6.03. The second-order valence-corrected chi connectivity index (χ2v) is 7.06. The van der Waals surface area contributed by atoms with Gasteiger partial charge in [0, 0.05) is 16.3 Å². The Morgan fingerprint density at radius 3 is 2.38 bits per heavy atom. The molecule has 0 aliphatic heterocycles. The van der Waals surface area contributed by atoms with Crippen molar-refractivity contribution in [3.63, 3.8) is 0 Å². The van der Waals surface area contributed by atoms with E-state index in [-0.39, 0.29) is 0 Å². The summed E-state index contributed by atoms with van der Waals surface area (Å²) < 4.78 is 9.24. The average Bonchev–Trinajstić information content (AvgIpc) is 3.41. The fourth-order valence-corrected chi connectivity index (χ4v) is 3.55. The largest absolute Gasteiger partial charge is 0.497 e. The molecule has 2 aromatic heterocycles. The molecule has 5 rings (SSSR count). The van der Waals surface area contributed by atoms with Gasteiger partial charge < -0.3 is 4.74 Å². The van der Waals surface area contributed by atoms with Gasteiger partial charge in [0.25, 0.3) is 0 Å². The number of imidazole rings is 1. The van der Waals surface area contributed by atoms with Gasteiger partial charge in [-0.15, -0.1) is 0 Å². The molecule has 0 spiro atoms. The van der Waals surface area contributed by atoms with E-state index in [9.17, 15) is 0 Å². The number of fused-ring (bicyclic) bond motifs is 1. The van der Waals surface area contributed by atoms with Crippen molar-refractivity contribution in [3.8, 4) is 28.4 Å². The van der Waals surface area contributed by atoms with Crippen molar-refractivity contribution in [1.29, 1.82) is 0 Å². The third kappa shape index (κ3) is 3.15. The number of rotatable bonds is 4. The minimum Gasteiger partial charge on any atom is -0.497 e. The summed E-state index contributed by atoms with van der Waals surface area (Å²) in [6.07, 6.45) is 3.64. The van der Waals surface area contributed by atoms with E-state index in [1.54, 1.807) is 13.3 Å². The summed E-state index contributed by atoms with van der Waals surface area (Å²) in [5.41, 5.74) is 5.99. The summed E-state index contributed by atoms with van der Waals surface area (Å²) in [6.45, 7) is 0. The third-order valence-electron chi connectivity index (χ3n) is 4.91. The zero-order valence-corrected chi connectivity index (χ0v) is 16.4. The summed E-state index contributed by atoms with van der Waals surface area (Å²) in [7, 11) is 1.66. The summed E-state index contributed by atoms with van der Waals surface area (Å²) in [4.78, 5) is 4.54. The molecule has 0 bridgehead atoms. The van der Waals surface area contributed by atoms with Gasteiger partial charge in [-0.2, -0.15) is 5.10 Å². The minimum atomic E-state index is 0.701. The van der Waals surface area contributed by atoms with E-state index in [0.717, 1.165) is 39.4 Å². The van der Waals surface area contributed by atoms with Crippen molar-refractivity contribution >= 4 is 22.6 Å². The Balaban J connectivity index is 1.61. The number of aromatic nitrogens is 4. The van der Waals surface area contributed by atoms with Gasteiger partial charge in [-0.25, -0.2) is 9.67 Å². The van der Waals surface area contributed by atoms with Crippen molar-refractivity contribution in [1.82, 2.24) is 19.3 Å². The molecule has 29 heavy (non-hydrogen) atoms. The van der Waals surface area contributed by atoms with E-state index in [1.807, 2.05) is 71.7 Å². The normalized spacial score (nSPS) is 11.1. The molecule has 0 aliphatic rings. The van der Waals surface area contributed by atoms with Crippen LogP contribution in [0.5, 0.6) is 5.75 Å². The molecule has 0 saturated carbocycles. The van der Waals surface area contributed by atoms with Crippen molar-refractivity contribution in [2.75, 3.05) is 7.11 Å². The SMILES string of the molecule is COc1ccc(-n2cnc3ccc(-c4ccnn4-c4ccc(Cl)cc4)cc32)cc1. The lowest BCUT2D eigenvalue weighted by Gasteiger charge is -2.09. The van der Waals surface area contributed by atoms with Crippen LogP contribution < -0.4 is 4.74 Å². The predicted molar refractivity (Wildman–Crippen MR) is 115 cm³/mol. The minimum absolute atomic E-state index is 0.701. The van der Waals surface area contributed by atoms with Gasteiger partial charge in [0.05, 0.1) is 35.7 Å². The monoisotopic (exact) mass is 400 g/mol. The molecule has 5 nitrogen and oxygen atoms in total. The number of hydrogen-bond acceptors (Lipinski definition) is 3. The number of ether oxygens (including phenoxy) is 1. The van der Waals surface area contributed by atoms with Crippen LogP contribution in [0.2, 0.25) is 5.02 Å². The average molecular weight is 401 g/mol. The molecule has 0 saturated heterocycles. The lowest BCUT2D eigenvalue weighted by Crippen LogP contribution is -1.99. The number of benzene rings is 3. The summed E-state index contributed by atoms with van der Waals surface area (Å²) in [5.74, 6) is 0.825. The Morgan fingerprint density at radius 1 is 0.862 bits per heavy atom. The maximum Gasteiger partial charge on any atom is 0.119 e. The summed E-state index contributed by atoms with van der Waals surface area (Å²) in [6, 6.07) is 23.8. The van der Waals surface area contributed by atoms with Crippen LogP contribution in [0, 0.1) is 0 Å². The van der Waals surface area contributed by atoms with Crippen LogP contribution in [0.15, 0.2) is 85.3 Å². The number of halogens is 1. The highest BCUT2D eigenvalue weighted by atomic mass is 35.5. The standard InChI is InChI=1S/C23H17ClN4O/c1-29-20-9-7-18(8-10-20)27-15-25-21-11-2-16(14-23(21)27)22-12-13-26-28(22)19-5-3-17(24)4-6-19/h2-15H,1H3. The Morgan fingerprint density at radius 2 is 1.62 bits per heavy atom. The molecule has 0 radical (unpaired) electrons. The van der Waals surface area contributed by atoms with Crippen molar-refractivity contribution in [3.05, 3.63) is 90.3 Å². The molecular weight excluding hydrogens is 384 g/mol. The molecule has 5 aromatic rings. The van der Waals surface area contributed by atoms with Gasteiger partial charge in [0.15, 0.2) is 0 Å². The van der Waals surface area contributed by atoms with Crippen molar-refractivity contribution in [2.45, 2.75) is 0 Å². The number of methoxy groups -OCH3 is 1. The predicted octanol–water partition coefficient (Wildman–Crippen LogP) is 5.54. The van der Waals surface area contributed by atoms with E-state index in [1.165, 1.54) is 0 Å². The first-order chi connectivity index (χ1) is 14.2. The van der Waals surface area contributed by atoms with Gasteiger partial charge in [0.2, 0.25) is 0 Å². The topological polar surface area (TPSA) is 44.9 Å². The fourth-order valence-electron chi connectivity index (χ4n) is 3.43. The lowest BCUT2D eigenvalue weighted by atomic mass is 10.1. The van der Waals surface area contributed by atoms with Crippen LogP contribution in [0.1, 0.15) is 0 Å². The van der Waals surface area contributed by atoms with Crippen LogP contribution in [-0.2, 0) is 0 Å². The van der Waals surface area contributed by atoms with E-state index >= 15 is 0 Å². The Kier molecular flexibility index (Phi) is 4.30. The van der Waals surface area contributed by atoms with Crippen LogP contribution in [0.25, 0.3) is 33.7 Å². The summed E-state index contributed by atoms with van der Waals surface area (Å²) in [5, 5.41) is 5.20. The van der Waals surface area contributed by atoms with Gasteiger partial charge in [-0.05, 0) is 66.7 Å². The zero-order valence-electron chi connectivity index (χ0n) is 15.7. The van der Waals surface area contributed by atoms with Crippen molar-refractivity contribution < 1.29 is 4.74 Å². The van der Waals surface area contributed by atoms with E-state index in [4.69, 9.17) is 16.3 Å². The first-order valence-electron chi connectivity index (χ1n) is 9.15. The second kappa shape index (κ2) is 7.11. The molecule has 0 N–H and O–H groups in total. The van der Waals surface area contributed by atoms with Crippen LogP contribution in [0.4, 0.5) is 0 Å². The molecule has 0 atom stereocenters. The van der Waals surface area contributed by atoms with Gasteiger partial charge in [-0.1, -0.05) is 17.7 Å². The van der Waals surface area contributed by atoms with E-state index < -0.39 is 0 Å². The zero-order chi connectivity index (χ0) is 19.8. The van der Waals surface area contributed by atoms with Crippen LogP contribution in [-0.4, -0.2) is 26.4 Å². The third-order valence-corrected chi connectivity index (χ3v) is 5.16. The number of nitrogens with zero attached hydrogens (tertiary/aromatic N) is 4. The van der Waals surface area contributed by atoms with Crippen molar-refractivity contribution in [2.24, 2.45) is 0 Å². The Labute approximate surface area is 172 Å². The maximum atomic E-state index is 6.03. The smallest absolute Gasteiger partial charge is 0.119 e. The first-order valence-corrected chi connectivity index (χ1v) is 9.52. The Bertz CT molecular complexity index is 1290. The second-order valence-electron chi connectivity index (χ2n) is 6.62. The molecule has 0 aliphatic carbocycles. The number of hydrogen-bond donors (Lipinski definition) is 0.